The zero-order chi connectivity index (χ0) is 20.5. The maximum Gasteiger partial charge on any atom is 0.344 e. The van der Waals surface area contributed by atoms with Crippen LogP contribution < -0.4 is 15.9 Å². The van der Waals surface area contributed by atoms with E-state index in [0.717, 1.165) is 11.3 Å². The van der Waals surface area contributed by atoms with Gasteiger partial charge >= 0.3 is 5.91 Å². The molecule has 0 atom stereocenters. The molecule has 6 heteroatoms. The van der Waals surface area contributed by atoms with E-state index >= 15 is 0 Å². The summed E-state index contributed by atoms with van der Waals surface area (Å²) in [5.74, 6) is -0.0949. The van der Waals surface area contributed by atoms with Crippen molar-refractivity contribution in [3.63, 3.8) is 0 Å². The molecule has 1 aromatic carbocycles. The highest BCUT2D eigenvalue weighted by atomic mass is 16.2. The number of aromatic nitrogens is 2. The van der Waals surface area contributed by atoms with Gasteiger partial charge in [-0.15, -0.1) is 0 Å². The average molecular weight is 388 g/mol. The number of fused-ring (bicyclic) bond motifs is 1. The van der Waals surface area contributed by atoms with Gasteiger partial charge in [-0.2, -0.15) is 0 Å². The van der Waals surface area contributed by atoms with Crippen LogP contribution >= 0.6 is 0 Å². The number of nitrogens with zero attached hydrogens (tertiary/aromatic N) is 1. The Bertz CT molecular complexity index is 1180. The summed E-state index contributed by atoms with van der Waals surface area (Å²) in [4.78, 5) is 41.8. The van der Waals surface area contributed by atoms with Crippen LogP contribution in [0, 0.1) is 13.8 Å². The van der Waals surface area contributed by atoms with Gasteiger partial charge in [-0.25, -0.2) is 15.1 Å². The fourth-order valence-electron chi connectivity index (χ4n) is 3.67. The molecule has 3 aromatic rings. The number of hydrogen-bond donors (Lipinski definition) is 1. The van der Waals surface area contributed by atoms with Gasteiger partial charge < -0.3 is 0 Å². The number of rotatable bonds is 3. The van der Waals surface area contributed by atoms with Crippen LogP contribution in [0.3, 0.4) is 0 Å². The second-order valence-corrected chi connectivity index (χ2v) is 7.37. The highest BCUT2D eigenvalue weighted by Gasteiger charge is 2.27. The maximum atomic E-state index is 13.3. The molecule has 1 aliphatic carbocycles. The molecule has 0 saturated heterocycles. The van der Waals surface area contributed by atoms with Crippen LogP contribution in [-0.2, 0) is 6.42 Å². The lowest BCUT2D eigenvalue weighted by molar-refractivity contribution is -0.370. The second kappa shape index (κ2) is 7.47. The molecule has 29 heavy (non-hydrogen) atoms. The van der Waals surface area contributed by atoms with E-state index in [2.05, 4.69) is 10.3 Å². The monoisotopic (exact) mass is 388 g/mol. The Morgan fingerprint density at radius 2 is 1.79 bits per heavy atom. The highest BCUT2D eigenvalue weighted by Crippen LogP contribution is 2.24. The van der Waals surface area contributed by atoms with E-state index in [1.54, 1.807) is 6.07 Å². The summed E-state index contributed by atoms with van der Waals surface area (Å²) >= 11 is 0. The van der Waals surface area contributed by atoms with E-state index in [0.29, 0.717) is 42.0 Å². The molecular formula is C23H22N3O3+. The zero-order valence-electron chi connectivity index (χ0n) is 16.4. The first kappa shape index (κ1) is 18.8. The Morgan fingerprint density at radius 3 is 2.52 bits per heavy atom. The van der Waals surface area contributed by atoms with Gasteiger partial charge in [-0.05, 0) is 51.0 Å². The van der Waals surface area contributed by atoms with Crippen molar-refractivity contribution in [1.29, 1.82) is 0 Å². The normalized spacial score (nSPS) is 13.1. The van der Waals surface area contributed by atoms with E-state index in [1.807, 2.05) is 50.2 Å². The van der Waals surface area contributed by atoms with Crippen molar-refractivity contribution in [1.82, 2.24) is 4.57 Å². The smallest absolute Gasteiger partial charge is 0.294 e. The first-order valence-corrected chi connectivity index (χ1v) is 9.63. The van der Waals surface area contributed by atoms with Gasteiger partial charge in [0, 0.05) is 29.4 Å². The molecule has 0 unspecified atom stereocenters. The number of H-pyrrole nitrogens is 1. The minimum Gasteiger partial charge on any atom is -0.294 e. The third kappa shape index (κ3) is 3.61. The molecule has 1 amide bonds. The van der Waals surface area contributed by atoms with Crippen LogP contribution in [0.25, 0.3) is 5.69 Å². The Labute approximate surface area is 168 Å². The van der Waals surface area contributed by atoms with E-state index in [-0.39, 0.29) is 11.3 Å². The number of benzene rings is 1. The Hall–Kier alpha value is -3.54. The lowest BCUT2D eigenvalue weighted by Crippen LogP contribution is -2.34. The summed E-state index contributed by atoms with van der Waals surface area (Å²) in [7, 11) is 0. The minimum atomic E-state index is -0.543. The number of Topliss-reactive ketones (excluding diaryl/α,β-unsaturated/α-hetero) is 1. The standard InChI is InChI=1S/C23H21N3O3/c1-14-9-11-16(12-10-14)26-19-6-4-7-20(27)17(19)13-18(23(26)29)22(28)25-21-8-3-5-15(2)24-21/h3,5,8-13H,4,6-7H2,1-2H3,(H,24,25,28)/p+1. The number of aromatic amines is 1. The Balaban J connectivity index is 1.86. The second-order valence-electron chi connectivity index (χ2n) is 7.37. The fraction of sp³-hybridized carbons (Fsp3) is 0.217. The average Bonchev–Trinajstić information content (AvgIpc) is 2.69. The number of ketones is 1. The number of pyridine rings is 2. The minimum absolute atomic E-state index is 0.0386. The van der Waals surface area contributed by atoms with Crippen LogP contribution in [0.4, 0.5) is 5.82 Å². The predicted octanol–water partition coefficient (Wildman–Crippen LogP) is 3.04. The van der Waals surface area contributed by atoms with Crippen molar-refractivity contribution < 1.29 is 14.6 Å². The van der Waals surface area contributed by atoms with Crippen molar-refractivity contribution in [3.8, 4) is 5.69 Å². The van der Waals surface area contributed by atoms with Crippen LogP contribution in [0.1, 0.15) is 50.5 Å². The molecule has 0 fully saturated rings. The van der Waals surface area contributed by atoms with E-state index in [4.69, 9.17) is 0 Å². The molecule has 1 aliphatic rings. The lowest BCUT2D eigenvalue weighted by Gasteiger charge is -2.21. The van der Waals surface area contributed by atoms with Gasteiger partial charge in [0.25, 0.3) is 11.4 Å². The van der Waals surface area contributed by atoms with Crippen LogP contribution in [0.5, 0.6) is 0 Å². The van der Waals surface area contributed by atoms with Crippen LogP contribution in [0.2, 0.25) is 0 Å². The molecule has 0 aliphatic heterocycles. The van der Waals surface area contributed by atoms with Crippen molar-refractivity contribution in [2.24, 2.45) is 0 Å². The third-order valence-corrected chi connectivity index (χ3v) is 5.15. The number of carbonyl (C=O) groups is 2. The van der Waals surface area contributed by atoms with E-state index in [9.17, 15) is 14.4 Å². The molecule has 2 aromatic heterocycles. The summed E-state index contributed by atoms with van der Waals surface area (Å²) in [6.07, 6.45) is 1.74. The van der Waals surface area contributed by atoms with Gasteiger partial charge in [-0.1, -0.05) is 23.8 Å². The molecule has 0 spiro atoms. The SMILES string of the molecule is Cc1ccc(-n2c3c(cc(C(=O)Nc4cccc(C)[nH+]4)c2=O)C(=O)CCC3)cc1. The lowest BCUT2D eigenvalue weighted by atomic mass is 9.92. The number of hydrogen-bond acceptors (Lipinski definition) is 3. The van der Waals surface area contributed by atoms with Crippen LogP contribution in [0.15, 0.2) is 53.3 Å². The number of amides is 1. The number of anilines is 1. The molecule has 0 radical (unpaired) electrons. The van der Waals surface area contributed by atoms with Gasteiger partial charge in [0.15, 0.2) is 5.78 Å². The number of aryl methyl sites for hydroxylation is 2. The summed E-state index contributed by atoms with van der Waals surface area (Å²) in [5.41, 5.74) is 3.25. The van der Waals surface area contributed by atoms with Crippen molar-refractivity contribution >= 4 is 17.5 Å². The van der Waals surface area contributed by atoms with Gasteiger partial charge in [0.2, 0.25) is 0 Å². The Kier molecular flexibility index (Phi) is 4.84. The zero-order valence-corrected chi connectivity index (χ0v) is 16.4. The highest BCUT2D eigenvalue weighted by molar-refractivity contribution is 6.06. The van der Waals surface area contributed by atoms with E-state index < -0.39 is 11.5 Å². The molecule has 0 bridgehead atoms. The Morgan fingerprint density at radius 1 is 1.03 bits per heavy atom. The molecule has 6 nitrogen and oxygen atoms in total. The van der Waals surface area contributed by atoms with Crippen molar-refractivity contribution in [3.05, 3.63) is 87.0 Å². The number of nitrogens with one attached hydrogen (secondary N) is 2. The quantitative estimate of drug-likeness (QED) is 0.749. The predicted molar refractivity (Wildman–Crippen MR) is 110 cm³/mol. The van der Waals surface area contributed by atoms with Crippen molar-refractivity contribution in [2.45, 2.75) is 33.1 Å². The largest absolute Gasteiger partial charge is 0.344 e. The van der Waals surface area contributed by atoms with Crippen LogP contribution in [-0.4, -0.2) is 16.3 Å². The molecule has 146 valence electrons. The maximum absolute atomic E-state index is 13.3. The van der Waals surface area contributed by atoms with Gasteiger partial charge in [0.1, 0.15) is 5.56 Å². The molecule has 2 N–H and O–H groups in total. The summed E-state index contributed by atoms with van der Waals surface area (Å²) in [6, 6.07) is 14.3. The third-order valence-electron chi connectivity index (χ3n) is 5.15. The number of carbonyl (C=O) groups excluding carboxylic acids is 2. The first-order valence-electron chi connectivity index (χ1n) is 9.63. The molecule has 4 rings (SSSR count). The molecule has 0 saturated carbocycles. The molecular weight excluding hydrogens is 366 g/mol. The topological polar surface area (TPSA) is 82.3 Å². The van der Waals surface area contributed by atoms with Gasteiger partial charge in [0.05, 0.1) is 5.69 Å². The van der Waals surface area contributed by atoms with Gasteiger partial charge in [-0.3, -0.25) is 14.2 Å². The van der Waals surface area contributed by atoms with E-state index in [1.165, 1.54) is 10.6 Å². The fourth-order valence-corrected chi connectivity index (χ4v) is 3.67. The molecule has 2 heterocycles. The first-order chi connectivity index (χ1) is 13.9. The summed E-state index contributed by atoms with van der Waals surface area (Å²) < 4.78 is 1.51. The van der Waals surface area contributed by atoms with Crippen molar-refractivity contribution in [2.75, 3.05) is 5.32 Å². The summed E-state index contributed by atoms with van der Waals surface area (Å²) in [5, 5.41) is 2.73. The summed E-state index contributed by atoms with van der Waals surface area (Å²) in [6.45, 7) is 3.84.